The number of hydrogen-bond acceptors (Lipinski definition) is 4. The molecular weight excluding hydrogens is 202 g/mol. The van der Waals surface area contributed by atoms with Crippen molar-refractivity contribution in [1.82, 2.24) is 9.97 Å². The van der Waals surface area contributed by atoms with Crippen molar-refractivity contribution >= 4 is 5.82 Å². The molecule has 1 heterocycles. The Morgan fingerprint density at radius 1 is 1.00 bits per heavy atom. The Morgan fingerprint density at radius 2 is 1.81 bits per heavy atom. The van der Waals surface area contributed by atoms with Gasteiger partial charge in [0.15, 0.2) is 0 Å². The average Bonchev–Trinajstić information content (AvgIpc) is 2.33. The molecule has 0 spiro atoms. The van der Waals surface area contributed by atoms with E-state index in [1.165, 1.54) is 6.20 Å². The summed E-state index contributed by atoms with van der Waals surface area (Å²) >= 11 is 0. The molecule has 2 aromatic rings. The van der Waals surface area contributed by atoms with Crippen LogP contribution in [-0.2, 0) is 18.0 Å². The second-order valence-electron chi connectivity index (χ2n) is 3.41. The molecular formula is C12H13N3O. The summed E-state index contributed by atoms with van der Waals surface area (Å²) in [6, 6.07) is 10.0. The van der Waals surface area contributed by atoms with E-state index in [2.05, 4.69) is 9.97 Å². The van der Waals surface area contributed by atoms with E-state index in [1.807, 2.05) is 30.3 Å². The molecule has 1 aromatic carbocycles. The van der Waals surface area contributed by atoms with Gasteiger partial charge in [0.2, 0.25) is 0 Å². The van der Waals surface area contributed by atoms with Gasteiger partial charge in [0.1, 0.15) is 5.82 Å². The van der Waals surface area contributed by atoms with Crippen LogP contribution in [0.25, 0.3) is 0 Å². The number of benzene rings is 1. The minimum absolute atomic E-state index is 0.423. The van der Waals surface area contributed by atoms with Crippen LogP contribution in [0.2, 0.25) is 0 Å². The monoisotopic (exact) mass is 215 g/mol. The van der Waals surface area contributed by atoms with Crippen molar-refractivity contribution in [2.75, 3.05) is 5.73 Å². The number of hydrogen-bond donors (Lipinski definition) is 1. The first kappa shape index (κ1) is 10.6. The Morgan fingerprint density at radius 3 is 2.50 bits per heavy atom. The summed E-state index contributed by atoms with van der Waals surface area (Å²) in [5.74, 6) is 0.423. The topological polar surface area (TPSA) is 61.0 Å². The Bertz CT molecular complexity index is 428. The van der Waals surface area contributed by atoms with Gasteiger partial charge in [-0.3, -0.25) is 4.98 Å². The second-order valence-corrected chi connectivity index (χ2v) is 3.41. The number of nitrogens with two attached hydrogens (primary N) is 1. The molecule has 0 saturated carbocycles. The Hall–Kier alpha value is -1.94. The summed E-state index contributed by atoms with van der Waals surface area (Å²) in [6.45, 7) is 1.02. The van der Waals surface area contributed by atoms with E-state index >= 15 is 0 Å². The molecule has 0 unspecified atom stereocenters. The SMILES string of the molecule is Nc1cnc(COCc2ccccc2)cn1. The van der Waals surface area contributed by atoms with Gasteiger partial charge in [-0.1, -0.05) is 30.3 Å². The van der Waals surface area contributed by atoms with Crippen molar-refractivity contribution in [2.24, 2.45) is 0 Å². The molecule has 82 valence electrons. The molecule has 2 rings (SSSR count). The molecule has 0 fully saturated rings. The maximum atomic E-state index is 5.50. The average molecular weight is 215 g/mol. The van der Waals surface area contributed by atoms with Crippen LogP contribution in [0.3, 0.4) is 0 Å². The Kier molecular flexibility index (Phi) is 3.46. The minimum Gasteiger partial charge on any atom is -0.382 e. The highest BCUT2D eigenvalue weighted by atomic mass is 16.5. The number of ether oxygens (including phenoxy) is 1. The van der Waals surface area contributed by atoms with E-state index in [9.17, 15) is 0 Å². The largest absolute Gasteiger partial charge is 0.382 e. The molecule has 0 aliphatic carbocycles. The van der Waals surface area contributed by atoms with Crippen molar-refractivity contribution in [3.8, 4) is 0 Å². The van der Waals surface area contributed by atoms with Crippen molar-refractivity contribution in [2.45, 2.75) is 13.2 Å². The zero-order valence-electron chi connectivity index (χ0n) is 8.84. The normalized spacial score (nSPS) is 10.2. The number of aromatic nitrogens is 2. The highest BCUT2D eigenvalue weighted by molar-refractivity contribution is 5.22. The van der Waals surface area contributed by atoms with Crippen LogP contribution < -0.4 is 5.73 Å². The van der Waals surface area contributed by atoms with E-state index in [0.29, 0.717) is 19.0 Å². The fourth-order valence-corrected chi connectivity index (χ4v) is 1.29. The fraction of sp³-hybridized carbons (Fsp3) is 0.167. The van der Waals surface area contributed by atoms with Crippen LogP contribution in [-0.4, -0.2) is 9.97 Å². The summed E-state index contributed by atoms with van der Waals surface area (Å²) in [7, 11) is 0. The molecule has 4 nitrogen and oxygen atoms in total. The van der Waals surface area contributed by atoms with Gasteiger partial charge in [0, 0.05) is 0 Å². The fourth-order valence-electron chi connectivity index (χ4n) is 1.29. The smallest absolute Gasteiger partial charge is 0.141 e. The van der Waals surface area contributed by atoms with Gasteiger partial charge in [0.05, 0.1) is 31.3 Å². The van der Waals surface area contributed by atoms with Crippen molar-refractivity contribution in [3.05, 3.63) is 54.0 Å². The summed E-state index contributed by atoms with van der Waals surface area (Å²) in [4.78, 5) is 8.04. The van der Waals surface area contributed by atoms with Gasteiger partial charge >= 0.3 is 0 Å². The van der Waals surface area contributed by atoms with E-state index in [4.69, 9.17) is 10.5 Å². The van der Waals surface area contributed by atoms with Gasteiger partial charge in [-0.05, 0) is 5.56 Å². The van der Waals surface area contributed by atoms with Crippen LogP contribution in [0.15, 0.2) is 42.7 Å². The van der Waals surface area contributed by atoms with Crippen LogP contribution in [0, 0.1) is 0 Å². The van der Waals surface area contributed by atoms with E-state index < -0.39 is 0 Å². The predicted octanol–water partition coefficient (Wildman–Crippen LogP) is 1.78. The maximum Gasteiger partial charge on any atom is 0.141 e. The first-order valence-electron chi connectivity index (χ1n) is 5.02. The zero-order valence-corrected chi connectivity index (χ0v) is 8.84. The third kappa shape index (κ3) is 3.03. The molecule has 4 heteroatoms. The van der Waals surface area contributed by atoms with E-state index in [1.54, 1.807) is 6.20 Å². The molecule has 0 bridgehead atoms. The predicted molar refractivity (Wildman–Crippen MR) is 61.4 cm³/mol. The quantitative estimate of drug-likeness (QED) is 0.844. The van der Waals surface area contributed by atoms with Crippen LogP contribution >= 0.6 is 0 Å². The molecule has 0 aliphatic heterocycles. The van der Waals surface area contributed by atoms with Crippen LogP contribution in [0.1, 0.15) is 11.3 Å². The number of nitrogens with zero attached hydrogens (tertiary/aromatic N) is 2. The third-order valence-electron chi connectivity index (χ3n) is 2.09. The Labute approximate surface area is 94.1 Å². The van der Waals surface area contributed by atoms with Gasteiger partial charge in [0.25, 0.3) is 0 Å². The Balaban J connectivity index is 1.82. The summed E-state index contributed by atoms with van der Waals surface area (Å²) in [5, 5.41) is 0. The maximum absolute atomic E-state index is 5.50. The molecule has 0 atom stereocenters. The van der Waals surface area contributed by atoms with Gasteiger partial charge < -0.3 is 10.5 Å². The second kappa shape index (κ2) is 5.23. The highest BCUT2D eigenvalue weighted by Crippen LogP contribution is 2.03. The molecule has 1 aromatic heterocycles. The van der Waals surface area contributed by atoms with E-state index in [-0.39, 0.29) is 0 Å². The summed E-state index contributed by atoms with van der Waals surface area (Å²) < 4.78 is 5.50. The number of rotatable bonds is 4. The molecule has 16 heavy (non-hydrogen) atoms. The number of anilines is 1. The van der Waals surface area contributed by atoms with Gasteiger partial charge in [-0.15, -0.1) is 0 Å². The first-order valence-corrected chi connectivity index (χ1v) is 5.02. The molecule has 2 N–H and O–H groups in total. The van der Waals surface area contributed by atoms with E-state index in [0.717, 1.165) is 11.3 Å². The van der Waals surface area contributed by atoms with Crippen molar-refractivity contribution in [3.63, 3.8) is 0 Å². The minimum atomic E-state index is 0.423. The first-order chi connectivity index (χ1) is 7.84. The lowest BCUT2D eigenvalue weighted by Gasteiger charge is -2.03. The standard InChI is InChI=1S/C12H13N3O/c13-12-7-14-11(6-15-12)9-16-8-10-4-2-1-3-5-10/h1-7H,8-9H2,(H2,13,15). The van der Waals surface area contributed by atoms with Crippen molar-refractivity contribution in [1.29, 1.82) is 0 Å². The van der Waals surface area contributed by atoms with Crippen molar-refractivity contribution < 1.29 is 4.74 Å². The summed E-state index contributed by atoms with van der Waals surface area (Å²) in [6.07, 6.45) is 3.15. The lowest BCUT2D eigenvalue weighted by molar-refractivity contribution is 0.104. The van der Waals surface area contributed by atoms with Crippen LogP contribution in [0.5, 0.6) is 0 Å². The highest BCUT2D eigenvalue weighted by Gasteiger charge is 1.96. The van der Waals surface area contributed by atoms with Gasteiger partial charge in [-0.2, -0.15) is 0 Å². The molecule has 0 aliphatic rings. The molecule has 0 radical (unpaired) electrons. The summed E-state index contributed by atoms with van der Waals surface area (Å²) in [5.41, 5.74) is 7.36. The van der Waals surface area contributed by atoms with Gasteiger partial charge in [-0.25, -0.2) is 4.98 Å². The number of nitrogen functional groups attached to an aromatic ring is 1. The molecule has 0 saturated heterocycles. The third-order valence-corrected chi connectivity index (χ3v) is 2.09. The zero-order chi connectivity index (χ0) is 11.2. The van der Waals surface area contributed by atoms with Crippen LogP contribution in [0.4, 0.5) is 5.82 Å². The lowest BCUT2D eigenvalue weighted by atomic mass is 10.2. The lowest BCUT2D eigenvalue weighted by Crippen LogP contribution is -1.99. The molecule has 0 amide bonds.